The maximum Gasteiger partial charge on any atom is 0.311 e. The number of hydrogen-bond donors (Lipinski definition) is 1. The van der Waals surface area contributed by atoms with Gasteiger partial charge in [-0.3, -0.25) is 19.7 Å². The number of nitro benzene ring substituents is 1. The maximum atomic E-state index is 13.0. The Balaban J connectivity index is 2.14. The van der Waals surface area contributed by atoms with Crippen LogP contribution >= 0.6 is 0 Å². The van der Waals surface area contributed by atoms with Crippen molar-refractivity contribution in [1.82, 2.24) is 0 Å². The lowest BCUT2D eigenvalue weighted by molar-refractivity contribution is -0.384. The highest BCUT2D eigenvalue weighted by Crippen LogP contribution is 2.58. The molecule has 0 heterocycles. The summed E-state index contributed by atoms with van der Waals surface area (Å²) in [6.07, 6.45) is 4.42. The van der Waals surface area contributed by atoms with Gasteiger partial charge in [0.05, 0.1) is 17.4 Å². The molecule has 0 bridgehead atoms. The second kappa shape index (κ2) is 7.76. The molecule has 158 valence electrons. The third kappa shape index (κ3) is 3.40. The maximum absolute atomic E-state index is 13.0. The molecule has 3 atom stereocenters. The highest BCUT2D eigenvalue weighted by molar-refractivity contribution is 6.01. The topological polar surface area (TPSA) is 98.5 Å². The first kappa shape index (κ1) is 21.3. The molecule has 29 heavy (non-hydrogen) atoms. The van der Waals surface area contributed by atoms with Gasteiger partial charge in [-0.1, -0.05) is 26.7 Å². The van der Waals surface area contributed by atoms with E-state index in [0.29, 0.717) is 24.2 Å². The Bertz CT molecular complexity index is 852. The summed E-state index contributed by atoms with van der Waals surface area (Å²) < 4.78 is 5.10. The van der Waals surface area contributed by atoms with Crippen LogP contribution in [0.4, 0.5) is 11.4 Å². The van der Waals surface area contributed by atoms with Crippen molar-refractivity contribution in [1.29, 1.82) is 0 Å². The number of Topliss-reactive ketones (excluding diaryl/α,β-unsaturated/α-hetero) is 1. The lowest BCUT2D eigenvalue weighted by Gasteiger charge is -2.53. The number of unbranched alkanes of at least 4 members (excludes halogenated alkanes) is 1. The molecule has 0 unspecified atom stereocenters. The highest BCUT2D eigenvalue weighted by Gasteiger charge is 2.57. The second-order valence-corrected chi connectivity index (χ2v) is 8.81. The van der Waals surface area contributed by atoms with Crippen LogP contribution in [0, 0.1) is 21.4 Å². The van der Waals surface area contributed by atoms with E-state index < -0.39 is 15.8 Å². The monoisotopic (exact) mass is 402 g/mol. The van der Waals surface area contributed by atoms with E-state index in [-0.39, 0.29) is 29.8 Å². The Kier molecular flexibility index (Phi) is 5.70. The van der Waals surface area contributed by atoms with E-state index in [0.717, 1.165) is 31.2 Å². The summed E-state index contributed by atoms with van der Waals surface area (Å²) in [4.78, 5) is 36.9. The fourth-order valence-corrected chi connectivity index (χ4v) is 5.40. The molecule has 1 aromatic rings. The van der Waals surface area contributed by atoms with Crippen LogP contribution in [0.15, 0.2) is 12.1 Å². The number of ether oxygens (including phenoxy) is 1. The minimum atomic E-state index is -0.743. The van der Waals surface area contributed by atoms with Crippen LogP contribution in [0.25, 0.3) is 0 Å². The minimum absolute atomic E-state index is 0.0678. The Hall–Kier alpha value is -2.44. The zero-order valence-electron chi connectivity index (χ0n) is 17.7. The quantitative estimate of drug-likeness (QED) is 0.322. The zero-order valence-corrected chi connectivity index (χ0v) is 17.7. The van der Waals surface area contributed by atoms with E-state index in [1.165, 1.54) is 13.2 Å². The van der Waals surface area contributed by atoms with Crippen LogP contribution in [-0.4, -0.2) is 30.3 Å². The Labute approximate surface area is 171 Å². The van der Waals surface area contributed by atoms with Crippen molar-refractivity contribution in [3.63, 3.8) is 0 Å². The molecule has 1 aromatic carbocycles. The van der Waals surface area contributed by atoms with Crippen LogP contribution < -0.4 is 5.32 Å². The smallest absolute Gasteiger partial charge is 0.311 e. The summed E-state index contributed by atoms with van der Waals surface area (Å²) in [7, 11) is 1.39. The first-order chi connectivity index (χ1) is 13.7. The lowest BCUT2D eigenvalue weighted by atomic mass is 9.49. The molecule has 0 aromatic heterocycles. The second-order valence-electron chi connectivity index (χ2n) is 8.81. The number of benzene rings is 1. The van der Waals surface area contributed by atoms with E-state index in [1.807, 2.05) is 6.92 Å². The molecular formula is C22H30N2O5. The summed E-state index contributed by atoms with van der Waals surface area (Å²) in [5.41, 5.74) is 0.459. The Morgan fingerprint density at radius 2 is 2.07 bits per heavy atom. The van der Waals surface area contributed by atoms with Crippen molar-refractivity contribution in [3.05, 3.63) is 33.4 Å². The van der Waals surface area contributed by atoms with Gasteiger partial charge in [0.15, 0.2) is 5.78 Å². The van der Waals surface area contributed by atoms with Gasteiger partial charge < -0.3 is 10.1 Å². The van der Waals surface area contributed by atoms with Crippen molar-refractivity contribution in [2.75, 3.05) is 19.0 Å². The Morgan fingerprint density at radius 3 is 2.69 bits per heavy atom. The predicted octanol–water partition coefficient (Wildman–Crippen LogP) is 4.63. The molecule has 7 nitrogen and oxygen atoms in total. The van der Waals surface area contributed by atoms with Crippen LogP contribution in [0.5, 0.6) is 0 Å². The largest absolute Gasteiger partial charge is 0.469 e. The molecule has 2 aliphatic carbocycles. The van der Waals surface area contributed by atoms with Gasteiger partial charge in [0.25, 0.3) is 5.69 Å². The molecule has 2 aliphatic rings. The molecule has 1 saturated carbocycles. The first-order valence-corrected chi connectivity index (χ1v) is 10.4. The van der Waals surface area contributed by atoms with Crippen molar-refractivity contribution < 1.29 is 19.2 Å². The van der Waals surface area contributed by atoms with Crippen molar-refractivity contribution >= 4 is 23.1 Å². The number of ketones is 1. The number of nitrogens with zero attached hydrogens (tertiary/aromatic N) is 1. The summed E-state index contributed by atoms with van der Waals surface area (Å²) in [6, 6.07) is 3.22. The van der Waals surface area contributed by atoms with Crippen LogP contribution in [0.1, 0.15) is 75.2 Å². The van der Waals surface area contributed by atoms with Crippen molar-refractivity contribution in [3.8, 4) is 0 Å². The van der Waals surface area contributed by atoms with E-state index in [4.69, 9.17) is 4.74 Å². The molecule has 0 saturated heterocycles. The molecule has 0 amide bonds. The number of anilines is 1. The molecule has 0 aliphatic heterocycles. The molecule has 0 spiro atoms. The van der Waals surface area contributed by atoms with E-state index in [2.05, 4.69) is 19.2 Å². The van der Waals surface area contributed by atoms with Crippen LogP contribution in [0.2, 0.25) is 0 Å². The van der Waals surface area contributed by atoms with Gasteiger partial charge in [-0.2, -0.15) is 0 Å². The van der Waals surface area contributed by atoms with Gasteiger partial charge in [0.2, 0.25) is 0 Å². The van der Waals surface area contributed by atoms with E-state index in [9.17, 15) is 19.7 Å². The van der Waals surface area contributed by atoms with Gasteiger partial charge in [0, 0.05) is 24.6 Å². The minimum Gasteiger partial charge on any atom is -0.469 e. The first-order valence-electron chi connectivity index (χ1n) is 10.4. The predicted molar refractivity (Wildman–Crippen MR) is 110 cm³/mol. The fourth-order valence-electron chi connectivity index (χ4n) is 5.40. The number of methoxy groups -OCH3 is 1. The van der Waals surface area contributed by atoms with E-state index >= 15 is 0 Å². The molecule has 7 heteroatoms. The molecule has 1 fully saturated rings. The number of carbonyl (C=O) groups is 2. The van der Waals surface area contributed by atoms with Crippen molar-refractivity contribution in [2.45, 2.75) is 64.7 Å². The number of hydrogen-bond acceptors (Lipinski definition) is 6. The summed E-state index contributed by atoms with van der Waals surface area (Å²) in [6.45, 7) is 6.67. The number of nitrogens with one attached hydrogen (secondary N) is 1. The lowest BCUT2D eigenvalue weighted by Crippen LogP contribution is -2.53. The fraction of sp³-hybridized carbons (Fsp3) is 0.636. The van der Waals surface area contributed by atoms with E-state index in [1.54, 1.807) is 6.07 Å². The summed E-state index contributed by atoms with van der Waals surface area (Å²) >= 11 is 0. The average Bonchev–Trinajstić information content (AvgIpc) is 2.69. The highest BCUT2D eigenvalue weighted by atomic mass is 16.6. The standard InChI is InChI=1S/C22H30N2O5/c1-5-6-10-23-16-12-15-14(11-17(16)24(27)28)18(25)13-19-21(15,2)8-7-9-22(19,3)20(26)29-4/h11-12,19,23H,5-10,13H2,1-4H3/t19-,21-,22-/m1/s1. The Morgan fingerprint density at radius 1 is 1.34 bits per heavy atom. The molecule has 3 rings (SSSR count). The number of rotatable bonds is 6. The molecule has 1 N–H and O–H groups in total. The average molecular weight is 402 g/mol. The number of carbonyl (C=O) groups excluding carboxylic acids is 2. The van der Waals surface area contributed by atoms with Crippen LogP contribution in [-0.2, 0) is 14.9 Å². The van der Waals surface area contributed by atoms with Gasteiger partial charge >= 0.3 is 5.97 Å². The number of esters is 1. The molecule has 0 radical (unpaired) electrons. The number of nitro groups is 1. The van der Waals surface area contributed by atoms with Gasteiger partial charge in [-0.05, 0) is 49.1 Å². The summed E-state index contributed by atoms with van der Waals surface area (Å²) in [5.74, 6) is -0.614. The van der Waals surface area contributed by atoms with Crippen molar-refractivity contribution in [2.24, 2.45) is 11.3 Å². The third-order valence-corrected chi connectivity index (χ3v) is 7.07. The third-order valence-electron chi connectivity index (χ3n) is 7.07. The molecular weight excluding hydrogens is 372 g/mol. The van der Waals surface area contributed by atoms with Crippen LogP contribution in [0.3, 0.4) is 0 Å². The normalized spacial score (nSPS) is 28.3. The van der Waals surface area contributed by atoms with Gasteiger partial charge in [0.1, 0.15) is 5.69 Å². The van der Waals surface area contributed by atoms with Gasteiger partial charge in [-0.25, -0.2) is 0 Å². The summed E-state index contributed by atoms with van der Waals surface area (Å²) in [5, 5.41) is 14.8. The van der Waals surface area contributed by atoms with Gasteiger partial charge in [-0.15, -0.1) is 0 Å². The number of fused-ring (bicyclic) bond motifs is 3. The SMILES string of the molecule is CCCCNc1cc2c(cc1[N+](=O)[O-])C(=O)C[C@H]1[C@](C)(C(=O)OC)CCC[C@]21C. The zero-order chi connectivity index (χ0) is 21.4.